The van der Waals surface area contributed by atoms with Gasteiger partial charge in [-0.15, -0.1) is 0 Å². The zero-order valence-corrected chi connectivity index (χ0v) is 15.7. The summed E-state index contributed by atoms with van der Waals surface area (Å²) in [6.07, 6.45) is 12.2. The van der Waals surface area contributed by atoms with E-state index in [1.54, 1.807) is 0 Å². The highest BCUT2D eigenvalue weighted by atomic mass is 35.5. The second kappa shape index (κ2) is 6.72. The van der Waals surface area contributed by atoms with Crippen molar-refractivity contribution in [3.8, 4) is 0 Å². The lowest BCUT2D eigenvalue weighted by molar-refractivity contribution is 0.795. The van der Waals surface area contributed by atoms with Gasteiger partial charge in [0.2, 0.25) is 0 Å². The first kappa shape index (κ1) is 16.4. The first-order chi connectivity index (χ1) is 13.3. The first-order valence-corrected chi connectivity index (χ1v) is 9.70. The smallest absolute Gasteiger partial charge is 0.0406 e. The van der Waals surface area contributed by atoms with Crippen molar-refractivity contribution < 1.29 is 0 Å². The van der Waals surface area contributed by atoms with E-state index in [9.17, 15) is 0 Å². The number of halogens is 1. The van der Waals surface area contributed by atoms with E-state index in [4.69, 9.17) is 11.6 Å². The average molecular weight is 367 g/mol. The van der Waals surface area contributed by atoms with E-state index in [2.05, 4.69) is 85.0 Å². The highest BCUT2D eigenvalue weighted by Crippen LogP contribution is 2.42. The van der Waals surface area contributed by atoms with Gasteiger partial charge in [-0.2, -0.15) is 0 Å². The van der Waals surface area contributed by atoms with Gasteiger partial charge in [0.25, 0.3) is 0 Å². The summed E-state index contributed by atoms with van der Waals surface area (Å²) in [5, 5.41) is 3.34. The third-order valence-electron chi connectivity index (χ3n) is 5.48. The van der Waals surface area contributed by atoms with Crippen LogP contribution in [0, 0.1) is 5.92 Å². The zero-order valence-electron chi connectivity index (χ0n) is 14.9. The zero-order chi connectivity index (χ0) is 18.2. The predicted molar refractivity (Wildman–Crippen MR) is 117 cm³/mol. The van der Waals surface area contributed by atoms with Crippen LogP contribution in [0.4, 0.5) is 0 Å². The molecule has 0 N–H and O–H groups in total. The molecule has 3 aromatic carbocycles. The van der Waals surface area contributed by atoms with E-state index in [1.165, 1.54) is 38.6 Å². The van der Waals surface area contributed by atoms with Crippen LogP contribution in [-0.2, 0) is 0 Å². The molecule has 0 heterocycles. The van der Waals surface area contributed by atoms with Gasteiger partial charge in [0.1, 0.15) is 0 Å². The Labute approximate surface area is 164 Å². The molecule has 2 aliphatic carbocycles. The SMILES string of the molecule is Clc1ccc(C2=C(c3ccc4ccccc4c3)CC3C=CC=CC3=C2)cc1. The van der Waals surface area contributed by atoms with Crippen molar-refractivity contribution in [1.29, 1.82) is 0 Å². The lowest BCUT2D eigenvalue weighted by atomic mass is 9.77. The molecular formula is C26H19Cl. The minimum Gasteiger partial charge on any atom is -0.0843 e. The van der Waals surface area contributed by atoms with E-state index in [0.717, 1.165) is 11.4 Å². The molecule has 0 nitrogen and oxygen atoms in total. The Kier molecular flexibility index (Phi) is 4.07. The Morgan fingerprint density at radius 3 is 2.41 bits per heavy atom. The quantitative estimate of drug-likeness (QED) is 0.441. The molecular weight excluding hydrogens is 348 g/mol. The summed E-state index contributed by atoms with van der Waals surface area (Å²) in [4.78, 5) is 0. The number of rotatable bonds is 2. The van der Waals surface area contributed by atoms with E-state index in [0.29, 0.717) is 5.92 Å². The molecule has 0 aromatic heterocycles. The Morgan fingerprint density at radius 2 is 1.56 bits per heavy atom. The van der Waals surface area contributed by atoms with E-state index in [1.807, 2.05) is 12.1 Å². The number of fused-ring (bicyclic) bond motifs is 2. The Morgan fingerprint density at radius 1 is 0.778 bits per heavy atom. The lowest BCUT2D eigenvalue weighted by Gasteiger charge is -2.27. The van der Waals surface area contributed by atoms with E-state index < -0.39 is 0 Å². The van der Waals surface area contributed by atoms with Crippen LogP contribution >= 0.6 is 11.6 Å². The van der Waals surface area contributed by atoms with Crippen LogP contribution in [0.2, 0.25) is 5.02 Å². The summed E-state index contributed by atoms with van der Waals surface area (Å²) in [6, 6.07) is 23.6. The van der Waals surface area contributed by atoms with Crippen molar-refractivity contribution >= 4 is 33.5 Å². The standard InChI is InChI=1S/C26H19Cl/c27-24-13-11-19(12-14-24)25-16-21-7-3-4-8-22(21)17-26(25)23-10-9-18-5-1-2-6-20(18)15-23/h1-16,22H,17H2. The Balaban J connectivity index is 1.72. The van der Waals surface area contributed by atoms with Crippen molar-refractivity contribution in [2.45, 2.75) is 6.42 Å². The van der Waals surface area contributed by atoms with Gasteiger partial charge in [-0.3, -0.25) is 0 Å². The van der Waals surface area contributed by atoms with Crippen molar-refractivity contribution in [2.24, 2.45) is 5.92 Å². The molecule has 27 heavy (non-hydrogen) atoms. The molecule has 1 heteroatoms. The van der Waals surface area contributed by atoms with E-state index in [-0.39, 0.29) is 0 Å². The molecule has 0 spiro atoms. The van der Waals surface area contributed by atoms with Crippen molar-refractivity contribution in [2.75, 3.05) is 0 Å². The fraction of sp³-hybridized carbons (Fsp3) is 0.0769. The molecule has 0 radical (unpaired) electrons. The molecule has 0 aliphatic heterocycles. The van der Waals surface area contributed by atoms with Crippen LogP contribution in [0.15, 0.2) is 103 Å². The molecule has 1 unspecified atom stereocenters. The van der Waals surface area contributed by atoms with Gasteiger partial charge in [-0.25, -0.2) is 0 Å². The Hall–Kier alpha value is -2.83. The van der Waals surface area contributed by atoms with Crippen molar-refractivity contribution in [3.63, 3.8) is 0 Å². The molecule has 0 fully saturated rings. The molecule has 130 valence electrons. The van der Waals surface area contributed by atoms with Crippen molar-refractivity contribution in [3.05, 3.63) is 119 Å². The lowest BCUT2D eigenvalue weighted by Crippen LogP contribution is -2.09. The second-order valence-corrected chi connectivity index (χ2v) is 7.60. The summed E-state index contributed by atoms with van der Waals surface area (Å²) in [7, 11) is 0. The molecule has 0 saturated carbocycles. The summed E-state index contributed by atoms with van der Waals surface area (Å²) >= 11 is 6.13. The summed E-state index contributed by atoms with van der Waals surface area (Å²) < 4.78 is 0. The molecule has 0 bridgehead atoms. The highest BCUT2D eigenvalue weighted by molar-refractivity contribution is 6.30. The minimum atomic E-state index is 0.451. The van der Waals surface area contributed by atoms with Gasteiger partial charge < -0.3 is 0 Å². The molecule has 5 rings (SSSR count). The number of benzene rings is 3. The van der Waals surface area contributed by atoms with E-state index >= 15 is 0 Å². The third kappa shape index (κ3) is 3.07. The largest absolute Gasteiger partial charge is 0.0843 e. The first-order valence-electron chi connectivity index (χ1n) is 9.33. The summed E-state index contributed by atoms with van der Waals surface area (Å²) in [5.41, 5.74) is 6.60. The average Bonchev–Trinajstić information content (AvgIpc) is 2.73. The van der Waals surface area contributed by atoms with Crippen LogP contribution in [-0.4, -0.2) is 0 Å². The monoisotopic (exact) mass is 366 g/mol. The van der Waals surface area contributed by atoms with Crippen molar-refractivity contribution in [1.82, 2.24) is 0 Å². The predicted octanol–water partition coefficient (Wildman–Crippen LogP) is 7.48. The fourth-order valence-electron chi connectivity index (χ4n) is 4.06. The summed E-state index contributed by atoms with van der Waals surface area (Å²) in [6.45, 7) is 0. The number of hydrogen-bond donors (Lipinski definition) is 0. The van der Waals surface area contributed by atoms with Gasteiger partial charge in [0.05, 0.1) is 0 Å². The maximum absolute atomic E-state index is 6.13. The van der Waals surface area contributed by atoms with Gasteiger partial charge in [-0.05, 0) is 63.2 Å². The van der Waals surface area contributed by atoms with Crippen LogP contribution in [0.3, 0.4) is 0 Å². The fourth-order valence-corrected chi connectivity index (χ4v) is 4.19. The molecule has 0 saturated heterocycles. The second-order valence-electron chi connectivity index (χ2n) is 7.16. The van der Waals surface area contributed by atoms with Gasteiger partial charge in [0, 0.05) is 10.9 Å². The third-order valence-corrected chi connectivity index (χ3v) is 5.74. The van der Waals surface area contributed by atoms with Gasteiger partial charge in [0.15, 0.2) is 0 Å². The molecule has 2 aliphatic rings. The number of allylic oxidation sites excluding steroid dienone is 8. The van der Waals surface area contributed by atoms with Gasteiger partial charge in [-0.1, -0.05) is 90.5 Å². The highest BCUT2D eigenvalue weighted by Gasteiger charge is 2.23. The topological polar surface area (TPSA) is 0 Å². The number of hydrogen-bond acceptors (Lipinski definition) is 0. The molecule has 3 aromatic rings. The van der Waals surface area contributed by atoms with Crippen LogP contribution < -0.4 is 0 Å². The van der Waals surface area contributed by atoms with Crippen LogP contribution in [0.1, 0.15) is 17.5 Å². The Bertz CT molecular complexity index is 1140. The van der Waals surface area contributed by atoms with Crippen LogP contribution in [0.5, 0.6) is 0 Å². The minimum absolute atomic E-state index is 0.451. The molecule has 1 atom stereocenters. The van der Waals surface area contributed by atoms with Gasteiger partial charge >= 0.3 is 0 Å². The maximum atomic E-state index is 6.13. The summed E-state index contributed by atoms with van der Waals surface area (Å²) in [5.74, 6) is 0.451. The van der Waals surface area contributed by atoms with Crippen LogP contribution in [0.25, 0.3) is 21.9 Å². The normalized spacial score (nSPS) is 18.6. The maximum Gasteiger partial charge on any atom is 0.0406 e. The molecule has 0 amide bonds.